The average Bonchev–Trinajstić information content (AvgIpc) is 2.37. The van der Waals surface area contributed by atoms with E-state index in [2.05, 4.69) is 12.6 Å². The average molecular weight is 272 g/mol. The number of carbonyl (C=O) groups is 1. The van der Waals surface area contributed by atoms with E-state index in [0.717, 1.165) is 0 Å². The Labute approximate surface area is 110 Å². The topological polar surface area (TPSA) is 87.0 Å². The number of carboxylic acid groups (broad SMARTS) is 1. The van der Waals surface area contributed by atoms with Gasteiger partial charge in [0.05, 0.1) is 18.8 Å². The lowest BCUT2D eigenvalue weighted by Crippen LogP contribution is -2.21. The minimum absolute atomic E-state index is 0.0542. The van der Waals surface area contributed by atoms with Gasteiger partial charge in [0.15, 0.2) is 0 Å². The Hall–Kier alpha value is -1.24. The van der Waals surface area contributed by atoms with Crippen molar-refractivity contribution in [3.05, 3.63) is 29.3 Å². The molecule has 0 saturated carbocycles. The Morgan fingerprint density at radius 3 is 2.61 bits per heavy atom. The zero-order chi connectivity index (χ0) is 13.7. The molecule has 0 radical (unpaired) electrons. The molecule has 5 nitrogen and oxygen atoms in total. The zero-order valence-electron chi connectivity index (χ0n) is 9.91. The van der Waals surface area contributed by atoms with E-state index in [9.17, 15) is 15.0 Å². The van der Waals surface area contributed by atoms with Crippen LogP contribution in [-0.2, 0) is 0 Å². The van der Waals surface area contributed by atoms with Crippen molar-refractivity contribution >= 4 is 18.6 Å². The second-order valence-corrected chi connectivity index (χ2v) is 4.23. The zero-order valence-corrected chi connectivity index (χ0v) is 10.8. The van der Waals surface area contributed by atoms with Gasteiger partial charge in [0.2, 0.25) is 0 Å². The van der Waals surface area contributed by atoms with Crippen LogP contribution in [0.5, 0.6) is 5.75 Å². The van der Waals surface area contributed by atoms with Crippen LogP contribution in [0.2, 0.25) is 0 Å². The van der Waals surface area contributed by atoms with Gasteiger partial charge in [0.25, 0.3) is 0 Å². The predicted octanol–water partition coefficient (Wildman–Crippen LogP) is 1.11. The highest BCUT2D eigenvalue weighted by Crippen LogP contribution is 2.27. The lowest BCUT2D eigenvalue weighted by atomic mass is 9.97. The Kier molecular flexibility index (Phi) is 5.46. The molecule has 100 valence electrons. The molecule has 0 fully saturated rings. The standard InChI is InChI=1S/C12H16O5S/c1-17-7-2-3-8(12(15)16)9(6-7)11(14)10(13)4-5-18/h2-3,6,10-11,13-14,18H,4-5H2,1H3,(H,15,16). The predicted molar refractivity (Wildman–Crippen MR) is 69.4 cm³/mol. The van der Waals surface area contributed by atoms with Gasteiger partial charge in [0.1, 0.15) is 11.9 Å². The summed E-state index contributed by atoms with van der Waals surface area (Å²) in [6.45, 7) is 0. The molecule has 0 amide bonds. The molecule has 2 atom stereocenters. The van der Waals surface area contributed by atoms with E-state index < -0.39 is 18.2 Å². The highest BCUT2D eigenvalue weighted by molar-refractivity contribution is 7.80. The van der Waals surface area contributed by atoms with Crippen molar-refractivity contribution in [2.45, 2.75) is 18.6 Å². The van der Waals surface area contributed by atoms with E-state index in [-0.39, 0.29) is 17.5 Å². The number of methoxy groups -OCH3 is 1. The summed E-state index contributed by atoms with van der Waals surface area (Å²) < 4.78 is 4.98. The van der Waals surface area contributed by atoms with Gasteiger partial charge in [-0.3, -0.25) is 0 Å². The number of aliphatic hydroxyl groups excluding tert-OH is 2. The molecule has 0 spiro atoms. The second-order valence-electron chi connectivity index (χ2n) is 3.78. The largest absolute Gasteiger partial charge is 0.497 e. The van der Waals surface area contributed by atoms with E-state index in [1.54, 1.807) is 0 Å². The van der Waals surface area contributed by atoms with E-state index in [0.29, 0.717) is 11.5 Å². The summed E-state index contributed by atoms with van der Waals surface area (Å²) in [5, 5.41) is 28.7. The fraction of sp³-hybridized carbons (Fsp3) is 0.417. The third-order valence-corrected chi connectivity index (χ3v) is 2.86. The first-order chi connectivity index (χ1) is 8.51. The van der Waals surface area contributed by atoms with Gasteiger partial charge in [-0.1, -0.05) is 0 Å². The van der Waals surface area contributed by atoms with Crippen LogP contribution in [0.3, 0.4) is 0 Å². The summed E-state index contributed by atoms with van der Waals surface area (Å²) in [5.74, 6) is -0.346. The maximum absolute atomic E-state index is 11.1. The molecular weight excluding hydrogens is 256 g/mol. The monoisotopic (exact) mass is 272 g/mol. The smallest absolute Gasteiger partial charge is 0.336 e. The van der Waals surface area contributed by atoms with Crippen LogP contribution in [0.4, 0.5) is 0 Å². The third kappa shape index (κ3) is 3.38. The van der Waals surface area contributed by atoms with Crippen LogP contribution >= 0.6 is 12.6 Å². The first-order valence-corrected chi connectivity index (χ1v) is 6.02. The van der Waals surface area contributed by atoms with E-state index in [1.165, 1.54) is 25.3 Å². The van der Waals surface area contributed by atoms with Gasteiger partial charge in [-0.15, -0.1) is 0 Å². The molecule has 6 heteroatoms. The number of benzene rings is 1. The van der Waals surface area contributed by atoms with Crippen LogP contribution < -0.4 is 4.74 Å². The lowest BCUT2D eigenvalue weighted by molar-refractivity contribution is 0.0161. The van der Waals surface area contributed by atoms with Gasteiger partial charge in [0, 0.05) is 5.56 Å². The first-order valence-electron chi connectivity index (χ1n) is 5.39. The van der Waals surface area contributed by atoms with E-state index >= 15 is 0 Å². The van der Waals surface area contributed by atoms with Crippen molar-refractivity contribution in [1.82, 2.24) is 0 Å². The number of hydrogen-bond donors (Lipinski definition) is 4. The fourth-order valence-electron chi connectivity index (χ4n) is 1.60. The van der Waals surface area contributed by atoms with Gasteiger partial charge in [-0.25, -0.2) is 4.79 Å². The number of aliphatic hydroxyl groups is 2. The van der Waals surface area contributed by atoms with Gasteiger partial charge in [-0.2, -0.15) is 12.6 Å². The molecule has 0 aliphatic heterocycles. The van der Waals surface area contributed by atoms with Crippen molar-refractivity contribution in [2.75, 3.05) is 12.9 Å². The van der Waals surface area contributed by atoms with Crippen molar-refractivity contribution in [1.29, 1.82) is 0 Å². The summed E-state index contributed by atoms with van der Waals surface area (Å²) in [5.41, 5.74) is 0.0812. The van der Waals surface area contributed by atoms with Gasteiger partial charge < -0.3 is 20.1 Å². The minimum Gasteiger partial charge on any atom is -0.497 e. The number of ether oxygens (including phenoxy) is 1. The van der Waals surface area contributed by atoms with E-state index in [1.807, 2.05) is 0 Å². The molecule has 1 rings (SSSR count). The molecule has 3 N–H and O–H groups in total. The summed E-state index contributed by atoms with van der Waals surface area (Å²) in [4.78, 5) is 11.1. The third-order valence-electron chi connectivity index (χ3n) is 2.60. The van der Waals surface area contributed by atoms with Crippen LogP contribution in [-0.4, -0.2) is 40.3 Å². The Bertz CT molecular complexity index is 421. The number of carboxylic acids is 1. The van der Waals surface area contributed by atoms with E-state index in [4.69, 9.17) is 9.84 Å². The molecule has 0 heterocycles. The molecule has 2 unspecified atom stereocenters. The molecule has 0 aliphatic carbocycles. The molecule has 0 aliphatic rings. The minimum atomic E-state index is -1.28. The lowest BCUT2D eigenvalue weighted by Gasteiger charge is -2.19. The van der Waals surface area contributed by atoms with Crippen molar-refractivity contribution < 1.29 is 24.9 Å². The van der Waals surface area contributed by atoms with Crippen molar-refractivity contribution in [3.8, 4) is 5.75 Å². The second kappa shape index (κ2) is 6.63. The van der Waals surface area contributed by atoms with Crippen molar-refractivity contribution in [2.24, 2.45) is 0 Å². The van der Waals surface area contributed by atoms with Crippen LogP contribution in [0.15, 0.2) is 18.2 Å². The van der Waals surface area contributed by atoms with Crippen LogP contribution in [0.25, 0.3) is 0 Å². The maximum Gasteiger partial charge on any atom is 0.336 e. The Morgan fingerprint density at radius 2 is 2.11 bits per heavy atom. The SMILES string of the molecule is COc1ccc(C(=O)O)c(C(O)C(O)CCS)c1. The molecule has 18 heavy (non-hydrogen) atoms. The summed E-state index contributed by atoms with van der Waals surface area (Å²) >= 11 is 3.96. The highest BCUT2D eigenvalue weighted by Gasteiger charge is 2.23. The number of thiol groups is 1. The normalized spacial score (nSPS) is 14.0. The Balaban J connectivity index is 3.14. The molecule has 0 bridgehead atoms. The molecule has 1 aromatic rings. The number of aromatic carboxylic acids is 1. The molecule has 0 saturated heterocycles. The Morgan fingerprint density at radius 1 is 1.44 bits per heavy atom. The molecule has 1 aromatic carbocycles. The van der Waals surface area contributed by atoms with Gasteiger partial charge in [-0.05, 0) is 30.4 Å². The van der Waals surface area contributed by atoms with Gasteiger partial charge >= 0.3 is 5.97 Å². The quantitative estimate of drug-likeness (QED) is 0.583. The fourth-order valence-corrected chi connectivity index (χ4v) is 1.87. The molecular formula is C12H16O5S. The number of rotatable bonds is 6. The summed E-state index contributed by atoms with van der Waals surface area (Å²) in [7, 11) is 1.44. The number of hydrogen-bond acceptors (Lipinski definition) is 5. The highest BCUT2D eigenvalue weighted by atomic mass is 32.1. The maximum atomic E-state index is 11.1. The van der Waals surface area contributed by atoms with Crippen LogP contribution in [0, 0.1) is 0 Å². The summed E-state index contributed by atoms with van der Waals surface area (Å²) in [6.07, 6.45) is -2.08. The first kappa shape index (κ1) is 14.8. The van der Waals surface area contributed by atoms with Crippen LogP contribution in [0.1, 0.15) is 28.4 Å². The summed E-state index contributed by atoms with van der Waals surface area (Å²) in [6, 6.07) is 4.24. The molecule has 0 aromatic heterocycles. The van der Waals surface area contributed by atoms with Crippen molar-refractivity contribution in [3.63, 3.8) is 0 Å².